The topological polar surface area (TPSA) is 108 Å². The van der Waals surface area contributed by atoms with Crippen LogP contribution in [-0.4, -0.2) is 44.3 Å². The highest BCUT2D eigenvalue weighted by atomic mass is 15.1. The molecule has 0 amide bonds. The molecule has 0 fully saturated rings. The number of aromatic nitrogens is 9. The van der Waals surface area contributed by atoms with Crippen molar-refractivity contribution in [2.75, 3.05) is 0 Å². The summed E-state index contributed by atoms with van der Waals surface area (Å²) in [6.07, 6.45) is 12.7. The molecule has 7 aromatic heterocycles. The van der Waals surface area contributed by atoms with Gasteiger partial charge in [0.25, 0.3) is 0 Å². The second kappa shape index (κ2) is 12.7. The zero-order chi connectivity index (χ0) is 35.1. The molecule has 53 heavy (non-hydrogen) atoms. The lowest BCUT2D eigenvalue weighted by atomic mass is 10.0. The van der Waals surface area contributed by atoms with Crippen LogP contribution in [0.15, 0.2) is 165 Å². The number of benzene rings is 3. The molecule has 0 aliphatic heterocycles. The maximum atomic E-state index is 4.95. The van der Waals surface area contributed by atoms with Crippen LogP contribution in [0.2, 0.25) is 0 Å². The Labute approximate surface area is 303 Å². The Bertz CT molecular complexity index is 2810. The molecule has 0 atom stereocenters. The normalized spacial score (nSPS) is 11.4. The summed E-state index contributed by atoms with van der Waals surface area (Å²) < 4.78 is 2.30. The van der Waals surface area contributed by atoms with Gasteiger partial charge in [0.2, 0.25) is 0 Å². The fourth-order valence-corrected chi connectivity index (χ4v) is 6.82. The summed E-state index contributed by atoms with van der Waals surface area (Å²) in [6.45, 7) is 0. The van der Waals surface area contributed by atoms with Crippen molar-refractivity contribution in [2.24, 2.45) is 0 Å². The molecular formula is C44H27N9. The number of pyridine rings is 4. The Morgan fingerprint density at radius 2 is 0.906 bits per heavy atom. The number of hydrogen-bond donors (Lipinski definition) is 0. The van der Waals surface area contributed by atoms with Crippen molar-refractivity contribution in [1.82, 2.24) is 44.3 Å². The summed E-state index contributed by atoms with van der Waals surface area (Å²) in [6, 6.07) is 40.8. The molecule has 248 valence electrons. The van der Waals surface area contributed by atoms with Gasteiger partial charge in [-0.1, -0.05) is 78.9 Å². The number of fused-ring (bicyclic) bond motifs is 5. The van der Waals surface area contributed by atoms with E-state index in [2.05, 4.69) is 75.0 Å². The average molecular weight is 682 g/mol. The van der Waals surface area contributed by atoms with Crippen LogP contribution in [0.25, 0.3) is 95.3 Å². The summed E-state index contributed by atoms with van der Waals surface area (Å²) in [5.74, 6) is 1.42. The molecule has 7 heterocycles. The van der Waals surface area contributed by atoms with Gasteiger partial charge in [-0.05, 0) is 48.0 Å². The highest BCUT2D eigenvalue weighted by Crippen LogP contribution is 2.38. The first-order chi connectivity index (χ1) is 26.3. The average Bonchev–Trinajstić information content (AvgIpc) is 3.59. The van der Waals surface area contributed by atoms with E-state index in [-0.39, 0.29) is 0 Å². The van der Waals surface area contributed by atoms with Crippen molar-refractivity contribution < 1.29 is 0 Å². The first-order valence-electron chi connectivity index (χ1n) is 17.1. The molecule has 9 nitrogen and oxygen atoms in total. The molecule has 3 aromatic carbocycles. The van der Waals surface area contributed by atoms with Gasteiger partial charge in [-0.15, -0.1) is 0 Å². The third kappa shape index (κ3) is 5.44. The lowest BCUT2D eigenvalue weighted by molar-refractivity contribution is 1.05. The van der Waals surface area contributed by atoms with Gasteiger partial charge in [0, 0.05) is 75.9 Å². The predicted octanol–water partition coefficient (Wildman–Crippen LogP) is 9.41. The second-order valence-corrected chi connectivity index (χ2v) is 12.6. The molecule has 0 spiro atoms. The van der Waals surface area contributed by atoms with Crippen LogP contribution in [0.1, 0.15) is 0 Å². The van der Waals surface area contributed by atoms with Crippen LogP contribution >= 0.6 is 0 Å². The van der Waals surface area contributed by atoms with E-state index in [0.29, 0.717) is 28.9 Å². The molecule has 0 saturated heterocycles. The highest BCUT2D eigenvalue weighted by molar-refractivity contribution is 6.08. The van der Waals surface area contributed by atoms with Gasteiger partial charge in [-0.25, -0.2) is 15.0 Å². The van der Waals surface area contributed by atoms with Crippen molar-refractivity contribution >= 4 is 27.5 Å². The molecular weight excluding hydrogens is 655 g/mol. The number of nitrogens with zero attached hydrogens (tertiary/aromatic N) is 9. The first kappa shape index (κ1) is 30.3. The molecule has 0 N–H and O–H groups in total. The van der Waals surface area contributed by atoms with E-state index in [1.54, 1.807) is 12.4 Å². The van der Waals surface area contributed by atoms with Crippen molar-refractivity contribution in [2.45, 2.75) is 0 Å². The SMILES string of the molecule is c1cncc(-c2ccc(-c3nc(-c4ccc(-c5c6ccccc6n6c5cnc5ccccc56)cc4)nc(-c4ccc(-c5cccnc5)cn4)n3)nc2)c1. The zero-order valence-corrected chi connectivity index (χ0v) is 28.1. The molecule has 9 heteroatoms. The van der Waals surface area contributed by atoms with Crippen molar-refractivity contribution in [3.63, 3.8) is 0 Å². The Kier molecular flexibility index (Phi) is 7.25. The lowest BCUT2D eigenvalue weighted by Crippen LogP contribution is -2.02. The Balaban J connectivity index is 1.08. The minimum absolute atomic E-state index is 0.451. The van der Waals surface area contributed by atoms with E-state index in [9.17, 15) is 0 Å². The fourth-order valence-electron chi connectivity index (χ4n) is 6.82. The third-order valence-electron chi connectivity index (χ3n) is 9.40. The molecule has 10 rings (SSSR count). The molecule has 0 unspecified atom stereocenters. The van der Waals surface area contributed by atoms with Crippen LogP contribution in [0.4, 0.5) is 0 Å². The third-order valence-corrected chi connectivity index (χ3v) is 9.40. The molecule has 0 radical (unpaired) electrons. The highest BCUT2D eigenvalue weighted by Gasteiger charge is 2.18. The van der Waals surface area contributed by atoms with E-state index in [0.717, 1.165) is 66.4 Å². The van der Waals surface area contributed by atoms with Crippen LogP contribution in [0.5, 0.6) is 0 Å². The van der Waals surface area contributed by atoms with Crippen LogP contribution in [0, 0.1) is 0 Å². The first-order valence-corrected chi connectivity index (χ1v) is 17.1. The molecule has 0 bridgehead atoms. The van der Waals surface area contributed by atoms with Crippen LogP contribution in [-0.2, 0) is 0 Å². The Morgan fingerprint density at radius 3 is 1.51 bits per heavy atom. The van der Waals surface area contributed by atoms with Gasteiger partial charge < -0.3 is 4.40 Å². The van der Waals surface area contributed by atoms with Gasteiger partial charge in [-0.3, -0.25) is 24.9 Å². The number of hydrogen-bond acceptors (Lipinski definition) is 8. The number of para-hydroxylation sites is 3. The summed E-state index contributed by atoms with van der Waals surface area (Å²) in [5.41, 5.74) is 12.3. The molecule has 0 saturated carbocycles. The monoisotopic (exact) mass is 681 g/mol. The molecule has 0 aliphatic rings. The standard InChI is InChI=1S/C44H27N9/c1-3-11-38-34(9-1)41(40-27-49-35-10-2-4-12-39(35)53(38)40)28-13-15-29(16-14-28)42-50-43(36-19-17-32(25-47-36)30-7-5-21-45-23-30)52-44(51-42)37-20-18-33(26-48-37)31-8-6-22-46-24-31/h1-27H. The van der Waals surface area contributed by atoms with Crippen molar-refractivity contribution in [1.29, 1.82) is 0 Å². The van der Waals surface area contributed by atoms with Crippen molar-refractivity contribution in [3.05, 3.63) is 165 Å². The molecule has 10 aromatic rings. The quantitative estimate of drug-likeness (QED) is 0.171. The predicted molar refractivity (Wildman–Crippen MR) is 207 cm³/mol. The second-order valence-electron chi connectivity index (χ2n) is 12.6. The maximum Gasteiger partial charge on any atom is 0.182 e. The maximum absolute atomic E-state index is 4.95. The minimum atomic E-state index is 0.451. The van der Waals surface area contributed by atoms with Crippen molar-refractivity contribution in [3.8, 4) is 67.8 Å². The largest absolute Gasteiger partial charge is 0.306 e. The Morgan fingerprint density at radius 1 is 0.358 bits per heavy atom. The van der Waals surface area contributed by atoms with E-state index in [1.165, 1.54) is 0 Å². The lowest BCUT2D eigenvalue weighted by Gasteiger charge is -2.09. The van der Waals surface area contributed by atoms with E-state index < -0.39 is 0 Å². The number of rotatable bonds is 6. The van der Waals surface area contributed by atoms with Crippen LogP contribution in [0.3, 0.4) is 0 Å². The van der Waals surface area contributed by atoms with Gasteiger partial charge in [0.05, 0.1) is 28.3 Å². The summed E-state index contributed by atoms with van der Waals surface area (Å²) >= 11 is 0. The van der Waals surface area contributed by atoms with Crippen LogP contribution < -0.4 is 0 Å². The van der Waals surface area contributed by atoms with Gasteiger partial charge >= 0.3 is 0 Å². The fraction of sp³-hybridized carbons (Fsp3) is 0. The van der Waals surface area contributed by atoms with E-state index >= 15 is 0 Å². The van der Waals surface area contributed by atoms with E-state index in [1.807, 2.05) is 91.6 Å². The molecule has 0 aliphatic carbocycles. The van der Waals surface area contributed by atoms with Gasteiger partial charge in [0.1, 0.15) is 11.4 Å². The van der Waals surface area contributed by atoms with Gasteiger partial charge in [-0.2, -0.15) is 0 Å². The van der Waals surface area contributed by atoms with Gasteiger partial charge in [0.15, 0.2) is 17.5 Å². The zero-order valence-electron chi connectivity index (χ0n) is 28.1. The summed E-state index contributed by atoms with van der Waals surface area (Å²) in [7, 11) is 0. The smallest absolute Gasteiger partial charge is 0.182 e. The minimum Gasteiger partial charge on any atom is -0.306 e. The Hall–Kier alpha value is -7.52. The van der Waals surface area contributed by atoms with E-state index in [4.69, 9.17) is 29.9 Å². The summed E-state index contributed by atoms with van der Waals surface area (Å²) in [5, 5.41) is 1.16. The summed E-state index contributed by atoms with van der Waals surface area (Å²) in [4.78, 5) is 37.6.